The first-order valence-electron chi connectivity index (χ1n) is 7.75. The molecule has 1 aromatic carbocycles. The van der Waals surface area contributed by atoms with Gasteiger partial charge in [-0.1, -0.05) is 12.1 Å². The number of ether oxygens (including phenoxy) is 1. The minimum absolute atomic E-state index is 0. The van der Waals surface area contributed by atoms with Crippen molar-refractivity contribution in [3.63, 3.8) is 0 Å². The maximum atomic E-state index is 12.8. The number of hydrogen-bond acceptors (Lipinski definition) is 5. The molecule has 7 nitrogen and oxygen atoms in total. The summed E-state index contributed by atoms with van der Waals surface area (Å²) in [7, 11) is -3.69. The van der Waals surface area contributed by atoms with Crippen molar-refractivity contribution in [2.75, 3.05) is 45.9 Å². The Kier molecular flexibility index (Phi) is 6.59. The van der Waals surface area contributed by atoms with E-state index in [-0.39, 0.29) is 28.8 Å². The molecule has 1 amide bonds. The Morgan fingerprint density at radius 1 is 1.25 bits per heavy atom. The van der Waals surface area contributed by atoms with Gasteiger partial charge in [-0.15, -0.1) is 12.4 Å². The van der Waals surface area contributed by atoms with Gasteiger partial charge in [0.25, 0.3) is 5.91 Å². The first kappa shape index (κ1) is 19.1. The quantitative estimate of drug-likeness (QED) is 0.761. The van der Waals surface area contributed by atoms with Crippen LogP contribution in [0, 0.1) is 5.92 Å². The van der Waals surface area contributed by atoms with E-state index in [9.17, 15) is 13.2 Å². The Balaban J connectivity index is 0.00000208. The Labute approximate surface area is 148 Å². The summed E-state index contributed by atoms with van der Waals surface area (Å²) in [4.78, 5) is 12.5. The zero-order valence-corrected chi connectivity index (χ0v) is 14.9. The number of benzene rings is 1. The number of nitrogens with zero attached hydrogens (tertiary/aromatic N) is 1. The van der Waals surface area contributed by atoms with Gasteiger partial charge >= 0.3 is 0 Å². The zero-order valence-electron chi connectivity index (χ0n) is 13.2. The lowest BCUT2D eigenvalue weighted by Crippen LogP contribution is -2.48. The molecule has 1 aromatic rings. The molecule has 0 spiro atoms. The molecule has 9 heteroatoms. The van der Waals surface area contributed by atoms with E-state index in [0.717, 1.165) is 13.1 Å². The van der Waals surface area contributed by atoms with Crippen molar-refractivity contribution < 1.29 is 17.9 Å². The molecule has 0 bridgehead atoms. The van der Waals surface area contributed by atoms with Crippen LogP contribution in [-0.2, 0) is 14.8 Å². The minimum atomic E-state index is -3.69. The van der Waals surface area contributed by atoms with Crippen LogP contribution in [0.25, 0.3) is 0 Å². The fourth-order valence-corrected chi connectivity index (χ4v) is 4.23. The van der Waals surface area contributed by atoms with Gasteiger partial charge in [-0.05, 0) is 12.1 Å². The summed E-state index contributed by atoms with van der Waals surface area (Å²) in [6.45, 7) is 3.70. The Morgan fingerprint density at radius 2 is 1.92 bits per heavy atom. The molecule has 0 aromatic heterocycles. The molecule has 2 saturated heterocycles. The van der Waals surface area contributed by atoms with Crippen LogP contribution in [0.5, 0.6) is 0 Å². The second kappa shape index (κ2) is 8.26. The Bertz CT molecular complexity index is 673. The summed E-state index contributed by atoms with van der Waals surface area (Å²) in [6.07, 6.45) is 0. The number of sulfonamides is 1. The zero-order chi connectivity index (χ0) is 16.3. The third kappa shape index (κ3) is 4.07. The highest BCUT2D eigenvalue weighted by molar-refractivity contribution is 7.89. The van der Waals surface area contributed by atoms with E-state index in [2.05, 4.69) is 10.6 Å². The maximum Gasteiger partial charge on any atom is 0.252 e. The molecule has 3 rings (SSSR count). The average molecular weight is 376 g/mol. The number of hydrogen-bond donors (Lipinski definition) is 2. The fraction of sp³-hybridized carbons (Fsp3) is 0.533. The second-order valence-corrected chi connectivity index (χ2v) is 7.65. The molecule has 0 atom stereocenters. The van der Waals surface area contributed by atoms with E-state index in [1.165, 1.54) is 10.4 Å². The normalized spacial score (nSPS) is 19.2. The third-order valence-corrected chi connectivity index (χ3v) is 6.09. The van der Waals surface area contributed by atoms with E-state index < -0.39 is 10.0 Å². The summed E-state index contributed by atoms with van der Waals surface area (Å²) < 4.78 is 32.2. The molecule has 0 saturated carbocycles. The highest BCUT2D eigenvalue weighted by Crippen LogP contribution is 2.21. The van der Waals surface area contributed by atoms with Gasteiger partial charge in [0.05, 0.1) is 23.7 Å². The average Bonchev–Trinajstić information content (AvgIpc) is 2.54. The third-order valence-electron chi connectivity index (χ3n) is 4.14. The summed E-state index contributed by atoms with van der Waals surface area (Å²) in [5, 5.41) is 5.97. The Morgan fingerprint density at radius 3 is 2.54 bits per heavy atom. The van der Waals surface area contributed by atoms with E-state index in [1.807, 2.05) is 0 Å². The maximum absolute atomic E-state index is 12.8. The molecule has 0 radical (unpaired) electrons. The number of halogens is 1. The van der Waals surface area contributed by atoms with E-state index >= 15 is 0 Å². The van der Waals surface area contributed by atoms with Crippen LogP contribution in [0.3, 0.4) is 0 Å². The van der Waals surface area contributed by atoms with Crippen molar-refractivity contribution in [2.24, 2.45) is 5.92 Å². The summed E-state index contributed by atoms with van der Waals surface area (Å²) in [5.74, 6) is 0.0753. The van der Waals surface area contributed by atoms with Gasteiger partial charge < -0.3 is 15.4 Å². The Hall–Kier alpha value is -1.19. The molecule has 2 N–H and O–H groups in total. The molecule has 0 unspecified atom stereocenters. The molecule has 134 valence electrons. The number of nitrogens with one attached hydrogen (secondary N) is 2. The van der Waals surface area contributed by atoms with E-state index in [0.29, 0.717) is 38.8 Å². The predicted molar refractivity (Wildman–Crippen MR) is 92.0 cm³/mol. The van der Waals surface area contributed by atoms with E-state index in [4.69, 9.17) is 4.74 Å². The second-order valence-electron chi connectivity index (χ2n) is 5.75. The first-order chi connectivity index (χ1) is 11.1. The van der Waals surface area contributed by atoms with Gasteiger partial charge in [0.2, 0.25) is 10.0 Å². The predicted octanol–water partition coefficient (Wildman–Crippen LogP) is 0.0785. The fourth-order valence-electron chi connectivity index (χ4n) is 2.63. The van der Waals surface area contributed by atoms with Gasteiger partial charge in [-0.2, -0.15) is 4.31 Å². The molecule has 2 fully saturated rings. The number of rotatable bonds is 5. The van der Waals surface area contributed by atoms with Crippen molar-refractivity contribution in [2.45, 2.75) is 4.90 Å². The molecular weight excluding hydrogens is 354 g/mol. The summed E-state index contributed by atoms with van der Waals surface area (Å²) in [6, 6.07) is 6.37. The number of carbonyl (C=O) groups excluding carboxylic acids is 1. The van der Waals surface area contributed by atoms with Crippen LogP contribution >= 0.6 is 12.4 Å². The van der Waals surface area contributed by atoms with Gasteiger partial charge in [0.15, 0.2) is 0 Å². The van der Waals surface area contributed by atoms with Crippen LogP contribution in [0.1, 0.15) is 10.4 Å². The van der Waals surface area contributed by atoms with Crippen LogP contribution < -0.4 is 10.6 Å². The van der Waals surface area contributed by atoms with Crippen molar-refractivity contribution in [1.29, 1.82) is 0 Å². The lowest BCUT2D eigenvalue weighted by Gasteiger charge is -2.28. The topological polar surface area (TPSA) is 87.7 Å². The van der Waals surface area contributed by atoms with Crippen molar-refractivity contribution in [3.8, 4) is 0 Å². The number of morpholine rings is 1. The number of carbonyl (C=O) groups is 1. The van der Waals surface area contributed by atoms with Crippen LogP contribution in [0.2, 0.25) is 0 Å². The smallest absolute Gasteiger partial charge is 0.252 e. The number of amides is 1. The van der Waals surface area contributed by atoms with Crippen molar-refractivity contribution in [1.82, 2.24) is 14.9 Å². The molecule has 24 heavy (non-hydrogen) atoms. The minimum Gasteiger partial charge on any atom is -0.379 e. The van der Waals surface area contributed by atoms with Gasteiger partial charge in [0.1, 0.15) is 0 Å². The molecule has 2 heterocycles. The standard InChI is InChI=1S/C15H21N3O4S.ClH/c19-15(17-11-12-9-16-10-12)13-3-1-2-4-14(13)23(20,21)18-5-7-22-8-6-18;/h1-4,12,16H,5-11H2,(H,17,19);1H. The van der Waals surface area contributed by atoms with Crippen molar-refractivity contribution in [3.05, 3.63) is 29.8 Å². The highest BCUT2D eigenvalue weighted by Gasteiger charge is 2.30. The van der Waals surface area contributed by atoms with Crippen LogP contribution in [-0.4, -0.2) is 64.6 Å². The monoisotopic (exact) mass is 375 g/mol. The SMILES string of the molecule is Cl.O=C(NCC1CNC1)c1ccccc1S(=O)(=O)N1CCOCC1. The largest absolute Gasteiger partial charge is 0.379 e. The van der Waals surface area contributed by atoms with Crippen LogP contribution in [0.15, 0.2) is 29.2 Å². The summed E-state index contributed by atoms with van der Waals surface area (Å²) >= 11 is 0. The molecule has 2 aliphatic rings. The van der Waals surface area contributed by atoms with Gasteiger partial charge in [-0.3, -0.25) is 4.79 Å². The lowest BCUT2D eigenvalue weighted by atomic mass is 10.0. The molecule has 2 aliphatic heterocycles. The van der Waals surface area contributed by atoms with E-state index in [1.54, 1.807) is 18.2 Å². The lowest BCUT2D eigenvalue weighted by molar-refractivity contribution is 0.0729. The van der Waals surface area contributed by atoms with Gasteiger partial charge in [-0.25, -0.2) is 8.42 Å². The van der Waals surface area contributed by atoms with Crippen molar-refractivity contribution >= 4 is 28.3 Å². The highest BCUT2D eigenvalue weighted by atomic mass is 35.5. The first-order valence-corrected chi connectivity index (χ1v) is 9.19. The summed E-state index contributed by atoms with van der Waals surface area (Å²) in [5.41, 5.74) is 0.200. The molecule has 0 aliphatic carbocycles. The van der Waals surface area contributed by atoms with Gasteiger partial charge in [0, 0.05) is 38.6 Å². The molecular formula is C15H22ClN3O4S. The van der Waals surface area contributed by atoms with Crippen LogP contribution in [0.4, 0.5) is 0 Å².